The molecule has 178 valence electrons. The summed E-state index contributed by atoms with van der Waals surface area (Å²) in [6.45, 7) is 16.3. The van der Waals surface area contributed by atoms with Gasteiger partial charge in [-0.1, -0.05) is 47.1 Å². The molecule has 0 aromatic heterocycles. The Labute approximate surface area is 188 Å². The van der Waals surface area contributed by atoms with Crippen LogP contribution in [-0.2, 0) is 14.4 Å². The number of rotatable bonds is 8. The number of aliphatic carboxylic acids is 1. The number of nitrogens with zero attached hydrogens (tertiary/aromatic N) is 2. The van der Waals surface area contributed by atoms with Crippen LogP contribution in [0, 0.1) is 11.3 Å². The molecule has 7 nitrogen and oxygen atoms in total. The number of carboxylic acid groups (broad SMARTS) is 1. The highest BCUT2D eigenvalue weighted by molar-refractivity contribution is 5.91. The Hall–Kier alpha value is -1.89. The Balaban J connectivity index is 3.15. The molecule has 1 aliphatic rings. The molecule has 1 fully saturated rings. The second kappa shape index (κ2) is 11.1. The first-order valence-electron chi connectivity index (χ1n) is 11.4. The molecular weight excluding hydrogens is 394 g/mol. The number of carboxylic acids is 1. The summed E-state index contributed by atoms with van der Waals surface area (Å²) in [5, 5.41) is 12.3. The fourth-order valence-electron chi connectivity index (χ4n) is 4.17. The zero-order valence-electron chi connectivity index (χ0n) is 20.9. The lowest BCUT2D eigenvalue weighted by atomic mass is 9.84. The van der Waals surface area contributed by atoms with Crippen molar-refractivity contribution in [3.63, 3.8) is 0 Å². The van der Waals surface area contributed by atoms with Gasteiger partial charge >= 0.3 is 5.97 Å². The Morgan fingerprint density at radius 3 is 2.16 bits per heavy atom. The highest BCUT2D eigenvalue weighted by Gasteiger charge is 2.39. The summed E-state index contributed by atoms with van der Waals surface area (Å²) in [6.07, 6.45) is 4.50. The van der Waals surface area contributed by atoms with Gasteiger partial charge in [0.1, 0.15) is 6.04 Å². The summed E-state index contributed by atoms with van der Waals surface area (Å²) in [7, 11) is 1.69. The second-order valence-corrected chi connectivity index (χ2v) is 10.5. The van der Waals surface area contributed by atoms with E-state index in [1.54, 1.807) is 18.0 Å². The molecule has 0 radical (unpaired) electrons. The van der Waals surface area contributed by atoms with Gasteiger partial charge in [-0.2, -0.15) is 0 Å². The summed E-state index contributed by atoms with van der Waals surface area (Å²) < 4.78 is 0. The molecule has 2 N–H and O–H groups in total. The van der Waals surface area contributed by atoms with Gasteiger partial charge in [0.2, 0.25) is 11.8 Å². The predicted molar refractivity (Wildman–Crippen MR) is 124 cm³/mol. The number of amides is 2. The van der Waals surface area contributed by atoms with Crippen molar-refractivity contribution in [1.29, 1.82) is 0 Å². The molecule has 2 amide bonds. The van der Waals surface area contributed by atoms with Crippen molar-refractivity contribution in [3.8, 4) is 0 Å². The molecule has 0 aliphatic carbocycles. The van der Waals surface area contributed by atoms with Gasteiger partial charge in [-0.3, -0.25) is 14.5 Å². The predicted octanol–water partition coefficient (Wildman–Crippen LogP) is 3.29. The number of likely N-dealkylation sites (N-methyl/N-ethyl adjacent to an activating group) is 1. The van der Waals surface area contributed by atoms with Crippen LogP contribution in [0.4, 0.5) is 0 Å². The van der Waals surface area contributed by atoms with Crippen molar-refractivity contribution in [2.75, 3.05) is 13.6 Å². The molecule has 1 heterocycles. The van der Waals surface area contributed by atoms with Gasteiger partial charge in [0, 0.05) is 18.7 Å². The summed E-state index contributed by atoms with van der Waals surface area (Å²) >= 11 is 0. The Bertz CT molecular complexity index is 679. The molecule has 0 aromatic carbocycles. The van der Waals surface area contributed by atoms with E-state index in [0.29, 0.717) is 0 Å². The molecule has 3 atom stereocenters. The van der Waals surface area contributed by atoms with Gasteiger partial charge in [-0.05, 0) is 51.5 Å². The minimum atomic E-state index is -1.00. The highest BCUT2D eigenvalue weighted by Crippen LogP contribution is 2.25. The molecule has 0 aromatic rings. The molecule has 1 saturated heterocycles. The van der Waals surface area contributed by atoms with E-state index in [4.69, 9.17) is 0 Å². The molecule has 1 unspecified atom stereocenters. The van der Waals surface area contributed by atoms with Crippen LogP contribution < -0.4 is 5.32 Å². The van der Waals surface area contributed by atoms with E-state index in [-0.39, 0.29) is 41.4 Å². The van der Waals surface area contributed by atoms with Crippen LogP contribution in [0.25, 0.3) is 0 Å². The van der Waals surface area contributed by atoms with Crippen LogP contribution in [0.1, 0.15) is 74.7 Å². The van der Waals surface area contributed by atoms with Crippen molar-refractivity contribution in [2.24, 2.45) is 11.3 Å². The van der Waals surface area contributed by atoms with E-state index in [2.05, 4.69) is 24.1 Å². The maximum absolute atomic E-state index is 13.5. The number of hydrogen-bond donors (Lipinski definition) is 2. The normalized spacial score (nSPS) is 20.5. The number of carbonyl (C=O) groups excluding carboxylic acids is 2. The van der Waals surface area contributed by atoms with Crippen molar-refractivity contribution < 1.29 is 19.5 Å². The lowest BCUT2D eigenvalue weighted by Gasteiger charge is -2.41. The van der Waals surface area contributed by atoms with E-state index in [9.17, 15) is 19.5 Å². The number of piperidine rings is 1. The topological polar surface area (TPSA) is 90.0 Å². The monoisotopic (exact) mass is 437 g/mol. The van der Waals surface area contributed by atoms with Crippen molar-refractivity contribution >= 4 is 17.8 Å². The molecule has 31 heavy (non-hydrogen) atoms. The molecule has 7 heteroatoms. The number of nitrogens with one attached hydrogen (secondary N) is 1. The molecule has 0 saturated carbocycles. The van der Waals surface area contributed by atoms with Gasteiger partial charge < -0.3 is 15.3 Å². The quantitative estimate of drug-likeness (QED) is 0.569. The summed E-state index contributed by atoms with van der Waals surface area (Å²) in [5.74, 6) is -1.29. The first-order valence-corrected chi connectivity index (χ1v) is 11.4. The minimum absolute atomic E-state index is 0.0225. The third-order valence-corrected chi connectivity index (χ3v) is 6.15. The Morgan fingerprint density at radius 2 is 1.71 bits per heavy atom. The van der Waals surface area contributed by atoms with Crippen LogP contribution in [0.5, 0.6) is 0 Å². The molecule has 1 aliphatic heterocycles. The fourth-order valence-corrected chi connectivity index (χ4v) is 4.17. The van der Waals surface area contributed by atoms with Crippen LogP contribution in [-0.4, -0.2) is 70.4 Å². The Morgan fingerprint density at radius 1 is 1.13 bits per heavy atom. The maximum Gasteiger partial charge on any atom is 0.331 e. The SMILES string of the molecule is CC(=CC(C(C)C)N(C)C(=O)[C@@H](NC(=O)[C@H]1CCCCN1C(C)C)C(C)(C)C)C(=O)O. The van der Waals surface area contributed by atoms with E-state index >= 15 is 0 Å². The maximum atomic E-state index is 13.5. The third kappa shape index (κ3) is 7.34. The van der Waals surface area contributed by atoms with Crippen LogP contribution >= 0.6 is 0 Å². The van der Waals surface area contributed by atoms with E-state index in [0.717, 1.165) is 25.8 Å². The van der Waals surface area contributed by atoms with E-state index < -0.39 is 17.4 Å². The lowest BCUT2D eigenvalue weighted by Crippen LogP contribution is -2.60. The average Bonchev–Trinajstić information content (AvgIpc) is 2.67. The van der Waals surface area contributed by atoms with E-state index in [1.807, 2.05) is 34.6 Å². The van der Waals surface area contributed by atoms with Gasteiger partial charge in [0.25, 0.3) is 0 Å². The molecule has 0 bridgehead atoms. The molecule has 0 spiro atoms. The standard InChI is InChI=1S/C24H43N3O4/c1-15(2)19(14-17(5)23(30)31)26(9)22(29)20(24(6,7)8)25-21(28)18-12-10-11-13-27(18)16(3)4/h14-16,18-20H,10-13H2,1-9H3,(H,25,28)(H,30,31)/t18-,19?,20-/m1/s1. The lowest BCUT2D eigenvalue weighted by molar-refractivity contribution is -0.142. The first kappa shape index (κ1) is 27.1. The zero-order valence-corrected chi connectivity index (χ0v) is 20.9. The summed E-state index contributed by atoms with van der Waals surface area (Å²) in [4.78, 5) is 41.9. The van der Waals surface area contributed by atoms with Crippen LogP contribution in [0.2, 0.25) is 0 Å². The van der Waals surface area contributed by atoms with Gasteiger partial charge in [0.05, 0.1) is 12.1 Å². The zero-order chi connectivity index (χ0) is 24.1. The fraction of sp³-hybridized carbons (Fsp3) is 0.792. The van der Waals surface area contributed by atoms with Crippen molar-refractivity contribution in [3.05, 3.63) is 11.6 Å². The van der Waals surface area contributed by atoms with Crippen LogP contribution in [0.3, 0.4) is 0 Å². The van der Waals surface area contributed by atoms with Crippen LogP contribution in [0.15, 0.2) is 11.6 Å². The van der Waals surface area contributed by atoms with E-state index in [1.165, 1.54) is 6.92 Å². The highest BCUT2D eigenvalue weighted by atomic mass is 16.4. The average molecular weight is 438 g/mol. The number of carbonyl (C=O) groups is 3. The number of hydrogen-bond acceptors (Lipinski definition) is 4. The van der Waals surface area contributed by atoms with Gasteiger partial charge in [-0.15, -0.1) is 0 Å². The number of likely N-dealkylation sites (tertiary alicyclic amines) is 1. The summed E-state index contributed by atoms with van der Waals surface area (Å²) in [5.41, 5.74) is -0.296. The van der Waals surface area contributed by atoms with Gasteiger partial charge in [-0.25, -0.2) is 4.79 Å². The third-order valence-electron chi connectivity index (χ3n) is 6.15. The molecular formula is C24H43N3O4. The minimum Gasteiger partial charge on any atom is -0.478 e. The Kier molecular flexibility index (Phi) is 9.73. The summed E-state index contributed by atoms with van der Waals surface area (Å²) in [6, 6.07) is -1.06. The first-order chi connectivity index (χ1) is 14.2. The van der Waals surface area contributed by atoms with Crippen molar-refractivity contribution in [1.82, 2.24) is 15.1 Å². The second-order valence-electron chi connectivity index (χ2n) is 10.5. The molecule has 1 rings (SSSR count). The van der Waals surface area contributed by atoms with Crippen molar-refractivity contribution in [2.45, 2.75) is 98.8 Å². The van der Waals surface area contributed by atoms with Gasteiger partial charge in [0.15, 0.2) is 0 Å². The largest absolute Gasteiger partial charge is 0.478 e. The smallest absolute Gasteiger partial charge is 0.331 e.